The van der Waals surface area contributed by atoms with E-state index in [9.17, 15) is 22.8 Å². The highest BCUT2D eigenvalue weighted by Gasteiger charge is 2.43. The number of anilines is 1. The van der Waals surface area contributed by atoms with Crippen LogP contribution in [0.4, 0.5) is 23.7 Å². The Hall–Kier alpha value is -4.45. The molecule has 5 rings (SSSR count). The summed E-state index contributed by atoms with van der Waals surface area (Å²) in [6, 6.07) is 23.3. The van der Waals surface area contributed by atoms with E-state index in [1.807, 2.05) is 60.7 Å². The number of alkyl halides is 3. The van der Waals surface area contributed by atoms with Gasteiger partial charge < -0.3 is 14.2 Å². The van der Waals surface area contributed by atoms with Crippen LogP contribution in [-0.4, -0.2) is 52.3 Å². The van der Waals surface area contributed by atoms with Crippen LogP contribution in [0.1, 0.15) is 41.2 Å². The minimum absolute atomic E-state index is 0.0477. The largest absolute Gasteiger partial charge is 0.471 e. The average Bonchev–Trinajstić information content (AvgIpc) is 3.68. The number of aromatic nitrogens is 2. The van der Waals surface area contributed by atoms with Crippen LogP contribution in [0.15, 0.2) is 100 Å². The summed E-state index contributed by atoms with van der Waals surface area (Å²) in [5.74, 6) is -1.13. The lowest BCUT2D eigenvalue weighted by molar-refractivity contribution is -0.170. The van der Waals surface area contributed by atoms with Crippen LogP contribution in [0.2, 0.25) is 0 Å². The monoisotopic (exact) mass is 682 g/mol. The molecule has 0 bridgehead atoms. The molecule has 4 aromatic rings. The number of amides is 2. The van der Waals surface area contributed by atoms with E-state index < -0.39 is 18.2 Å². The van der Waals surface area contributed by atoms with E-state index in [0.29, 0.717) is 46.0 Å². The molecule has 1 aliphatic heterocycles. The molecule has 0 radical (unpaired) electrons. The van der Waals surface area contributed by atoms with E-state index in [0.717, 1.165) is 17.5 Å². The van der Waals surface area contributed by atoms with Gasteiger partial charge in [-0.2, -0.15) is 18.2 Å². The second-order valence-corrected chi connectivity index (χ2v) is 11.4. The third kappa shape index (κ3) is 8.59. The van der Waals surface area contributed by atoms with Crippen molar-refractivity contribution in [2.45, 2.75) is 44.5 Å². The molecule has 45 heavy (non-hydrogen) atoms. The van der Waals surface area contributed by atoms with Crippen molar-refractivity contribution >= 4 is 33.6 Å². The summed E-state index contributed by atoms with van der Waals surface area (Å²) in [5.41, 5.74) is 2.63. The van der Waals surface area contributed by atoms with Crippen molar-refractivity contribution in [2.24, 2.45) is 0 Å². The molecule has 12 heteroatoms. The fourth-order valence-electron chi connectivity index (χ4n) is 5.05. The molecule has 0 N–H and O–H groups in total. The number of carbonyl (C=O) groups excluding carboxylic acids is 2. The van der Waals surface area contributed by atoms with Gasteiger partial charge in [0.25, 0.3) is 0 Å². The van der Waals surface area contributed by atoms with E-state index >= 15 is 0 Å². The molecular weight excluding hydrogens is 653 g/mol. The molecule has 0 saturated carbocycles. The number of nitrogens with zero attached hydrogens (tertiary/aromatic N) is 4. The van der Waals surface area contributed by atoms with Gasteiger partial charge >= 0.3 is 18.2 Å². The molecule has 1 atom stereocenters. The SMILES string of the molecule is O=C(OCc1ccccc1)N1CCC[C@@H]1/C=C\CN(C(=O)C(F)(F)F)c1ccc(Cc2nc(Cc3ccccc3)no2)cc1Br. The van der Waals surface area contributed by atoms with Crippen LogP contribution in [-0.2, 0) is 29.0 Å². The minimum atomic E-state index is -5.09. The molecule has 1 fully saturated rings. The summed E-state index contributed by atoms with van der Waals surface area (Å²) in [6.45, 7) is 0.229. The van der Waals surface area contributed by atoms with Gasteiger partial charge in [-0.1, -0.05) is 84.0 Å². The Kier molecular flexibility index (Phi) is 10.3. The smallest absolute Gasteiger partial charge is 0.445 e. The maximum Gasteiger partial charge on any atom is 0.471 e. The van der Waals surface area contributed by atoms with Gasteiger partial charge in [0.1, 0.15) is 6.61 Å². The number of carbonyl (C=O) groups is 2. The molecule has 8 nitrogen and oxygen atoms in total. The van der Waals surface area contributed by atoms with Gasteiger partial charge in [-0.25, -0.2) is 4.79 Å². The van der Waals surface area contributed by atoms with Crippen LogP contribution >= 0.6 is 15.9 Å². The van der Waals surface area contributed by atoms with Crippen LogP contribution in [0.25, 0.3) is 0 Å². The molecule has 234 valence electrons. The average molecular weight is 684 g/mol. The van der Waals surface area contributed by atoms with Gasteiger partial charge in [-0.05, 0) is 57.6 Å². The summed E-state index contributed by atoms with van der Waals surface area (Å²) in [7, 11) is 0. The predicted octanol–water partition coefficient (Wildman–Crippen LogP) is 7.27. The third-order valence-corrected chi connectivity index (χ3v) is 7.88. The van der Waals surface area contributed by atoms with E-state index in [1.165, 1.54) is 12.1 Å². The number of benzene rings is 3. The molecule has 2 heterocycles. The number of hydrogen-bond donors (Lipinski definition) is 0. The van der Waals surface area contributed by atoms with Crippen LogP contribution in [0, 0.1) is 0 Å². The first-order valence-electron chi connectivity index (χ1n) is 14.3. The van der Waals surface area contributed by atoms with Gasteiger partial charge in [0.2, 0.25) is 5.89 Å². The highest BCUT2D eigenvalue weighted by atomic mass is 79.9. The van der Waals surface area contributed by atoms with E-state index in [-0.39, 0.29) is 31.3 Å². The molecule has 2 amide bonds. The minimum Gasteiger partial charge on any atom is -0.445 e. The molecule has 1 saturated heterocycles. The summed E-state index contributed by atoms with van der Waals surface area (Å²) in [4.78, 5) is 31.8. The zero-order valence-electron chi connectivity index (χ0n) is 24.1. The highest BCUT2D eigenvalue weighted by molar-refractivity contribution is 9.10. The zero-order valence-corrected chi connectivity index (χ0v) is 25.7. The normalized spacial score (nSPS) is 15.0. The lowest BCUT2D eigenvalue weighted by atomic mass is 10.1. The van der Waals surface area contributed by atoms with Gasteiger partial charge in [-0.3, -0.25) is 9.69 Å². The predicted molar refractivity (Wildman–Crippen MR) is 164 cm³/mol. The van der Waals surface area contributed by atoms with Crippen molar-refractivity contribution < 1.29 is 32.0 Å². The van der Waals surface area contributed by atoms with Crippen molar-refractivity contribution in [2.75, 3.05) is 18.0 Å². The summed E-state index contributed by atoms with van der Waals surface area (Å²) < 4.78 is 52.0. The second kappa shape index (κ2) is 14.6. The van der Waals surface area contributed by atoms with Crippen molar-refractivity contribution in [1.82, 2.24) is 15.0 Å². The van der Waals surface area contributed by atoms with Gasteiger partial charge in [0.05, 0.1) is 18.2 Å². The molecule has 0 aliphatic carbocycles. The Bertz CT molecular complexity index is 1630. The lowest BCUT2D eigenvalue weighted by Gasteiger charge is -2.25. The third-order valence-electron chi connectivity index (χ3n) is 7.25. The summed E-state index contributed by atoms with van der Waals surface area (Å²) >= 11 is 3.35. The number of hydrogen-bond acceptors (Lipinski definition) is 6. The van der Waals surface area contributed by atoms with E-state index in [4.69, 9.17) is 9.26 Å². The number of rotatable bonds is 10. The Labute approximate surface area is 266 Å². The van der Waals surface area contributed by atoms with E-state index in [2.05, 4.69) is 26.1 Å². The standard InChI is InChI=1S/C33H30BrF3N4O4/c34-27-19-25(21-30-38-29(39-45-30)20-23-9-3-1-4-10-23)15-16-28(27)41(31(42)33(35,36)37)18-8-14-26-13-7-17-40(26)32(43)44-22-24-11-5-2-6-12-24/h1-6,8-12,14-16,19,26H,7,13,17-18,20-22H2/b14-8-/t26-/m1/s1. The van der Waals surface area contributed by atoms with Crippen molar-refractivity contribution in [1.29, 1.82) is 0 Å². The first kappa shape index (κ1) is 32.0. The molecule has 3 aromatic carbocycles. The first-order valence-corrected chi connectivity index (χ1v) is 15.1. The maximum absolute atomic E-state index is 13.6. The molecule has 0 unspecified atom stereocenters. The first-order chi connectivity index (χ1) is 21.7. The Balaban J connectivity index is 1.24. The number of halogens is 4. The quantitative estimate of drug-likeness (QED) is 0.164. The number of likely N-dealkylation sites (tertiary alicyclic amines) is 1. The van der Waals surface area contributed by atoms with Crippen molar-refractivity contribution in [3.8, 4) is 0 Å². The van der Waals surface area contributed by atoms with E-state index in [1.54, 1.807) is 23.1 Å². The zero-order chi connectivity index (χ0) is 31.8. The van der Waals surface area contributed by atoms with Crippen molar-refractivity contribution in [3.63, 3.8) is 0 Å². The van der Waals surface area contributed by atoms with Crippen molar-refractivity contribution in [3.05, 3.63) is 124 Å². The maximum atomic E-state index is 13.6. The fourth-order valence-corrected chi connectivity index (χ4v) is 5.69. The fraction of sp³-hybridized carbons (Fsp3) is 0.273. The van der Waals surface area contributed by atoms with Gasteiger partial charge in [0, 0.05) is 24.0 Å². The Morgan fingerprint density at radius 1 is 1.00 bits per heavy atom. The highest BCUT2D eigenvalue weighted by Crippen LogP contribution is 2.32. The van der Waals surface area contributed by atoms with Gasteiger partial charge in [-0.15, -0.1) is 0 Å². The molecule has 0 spiro atoms. The molecule has 1 aliphatic rings. The molecule has 1 aromatic heterocycles. The second-order valence-electron chi connectivity index (χ2n) is 10.5. The Morgan fingerprint density at radius 3 is 2.40 bits per heavy atom. The topological polar surface area (TPSA) is 88.8 Å². The number of ether oxygens (including phenoxy) is 1. The Morgan fingerprint density at radius 2 is 1.71 bits per heavy atom. The lowest BCUT2D eigenvalue weighted by Crippen LogP contribution is -2.41. The van der Waals surface area contributed by atoms with Crippen LogP contribution < -0.4 is 4.90 Å². The summed E-state index contributed by atoms with van der Waals surface area (Å²) in [5, 5.41) is 4.02. The summed E-state index contributed by atoms with van der Waals surface area (Å²) in [6.07, 6.45) is -0.351. The van der Waals surface area contributed by atoms with Crippen LogP contribution in [0.5, 0.6) is 0 Å². The van der Waals surface area contributed by atoms with Crippen LogP contribution in [0.3, 0.4) is 0 Å². The molecular formula is C33H30BrF3N4O4. The van der Waals surface area contributed by atoms with Gasteiger partial charge in [0.15, 0.2) is 5.82 Å².